The Labute approximate surface area is 182 Å². The maximum Gasteiger partial charge on any atom is 0.246 e. The van der Waals surface area contributed by atoms with E-state index in [1.807, 2.05) is 4.90 Å². The summed E-state index contributed by atoms with van der Waals surface area (Å²) in [4.78, 5) is 14.0. The molecule has 0 fully saturated rings. The summed E-state index contributed by atoms with van der Waals surface area (Å²) in [6.45, 7) is 12.5. The molecule has 0 aromatic heterocycles. The van der Waals surface area contributed by atoms with Gasteiger partial charge in [0.2, 0.25) is 5.91 Å². The fourth-order valence-corrected chi connectivity index (χ4v) is 3.74. The first-order chi connectivity index (χ1) is 14.2. The minimum atomic E-state index is 0.0351. The number of ether oxygens (including phenoxy) is 1. The van der Waals surface area contributed by atoms with Crippen molar-refractivity contribution in [2.45, 2.75) is 130 Å². The van der Waals surface area contributed by atoms with E-state index in [1.54, 1.807) is 0 Å². The van der Waals surface area contributed by atoms with Gasteiger partial charge in [-0.25, -0.2) is 0 Å². The van der Waals surface area contributed by atoms with E-state index in [-0.39, 0.29) is 12.0 Å². The van der Waals surface area contributed by atoms with Gasteiger partial charge in [0.25, 0.3) is 0 Å². The molecule has 0 saturated carbocycles. The quantitative estimate of drug-likeness (QED) is 0.135. The molecule has 0 aromatic rings. The van der Waals surface area contributed by atoms with E-state index in [0.29, 0.717) is 6.54 Å². The Hall–Kier alpha value is -0.830. The van der Waals surface area contributed by atoms with Crippen LogP contribution in [-0.2, 0) is 9.53 Å². The Morgan fingerprint density at radius 2 is 1.24 bits per heavy atom. The van der Waals surface area contributed by atoms with E-state index in [9.17, 15) is 4.79 Å². The van der Waals surface area contributed by atoms with Crippen LogP contribution in [0.4, 0.5) is 0 Å². The van der Waals surface area contributed by atoms with E-state index in [1.165, 1.54) is 96.0 Å². The highest BCUT2D eigenvalue weighted by atomic mass is 16.5. The van der Waals surface area contributed by atoms with Crippen molar-refractivity contribution in [3.05, 3.63) is 12.7 Å². The Bertz CT molecular complexity index is 370. The van der Waals surface area contributed by atoms with Crippen LogP contribution in [0.2, 0.25) is 0 Å². The third-order valence-corrected chi connectivity index (χ3v) is 5.65. The van der Waals surface area contributed by atoms with Crippen molar-refractivity contribution in [1.82, 2.24) is 4.90 Å². The van der Waals surface area contributed by atoms with Crippen molar-refractivity contribution in [3.8, 4) is 0 Å². The van der Waals surface area contributed by atoms with Gasteiger partial charge in [-0.05, 0) is 25.8 Å². The number of carbonyl (C=O) groups is 1. The summed E-state index contributed by atoms with van der Waals surface area (Å²) in [5, 5.41) is 0. The molecule has 0 aliphatic carbocycles. The largest absolute Gasteiger partial charge is 0.377 e. The second kappa shape index (κ2) is 21.9. The van der Waals surface area contributed by atoms with Crippen molar-refractivity contribution in [3.63, 3.8) is 0 Å². The van der Waals surface area contributed by atoms with Gasteiger partial charge in [-0.1, -0.05) is 110 Å². The zero-order valence-electron chi connectivity index (χ0n) is 20.1. The lowest BCUT2D eigenvalue weighted by atomic mass is 10.0. The highest BCUT2D eigenvalue weighted by Crippen LogP contribution is 2.13. The monoisotopic (exact) mass is 409 g/mol. The number of rotatable bonds is 22. The fraction of sp³-hybridized carbons (Fsp3) is 0.885. The van der Waals surface area contributed by atoms with Gasteiger partial charge in [0, 0.05) is 19.7 Å². The second-order valence-electron chi connectivity index (χ2n) is 8.62. The summed E-state index contributed by atoms with van der Waals surface area (Å²) in [6.07, 6.45) is 22.6. The third-order valence-electron chi connectivity index (χ3n) is 5.65. The van der Waals surface area contributed by atoms with Gasteiger partial charge in [-0.3, -0.25) is 4.79 Å². The standard InChI is InChI=1S/C26H51NO2/c1-5-8-10-11-12-13-14-15-16-17-18-19-20-22-27(26(28)7-3)24-25(4)29-23-21-9-6-2/h7,25H,3,5-6,8-24H2,1-2,4H3. The Kier molecular flexibility index (Phi) is 21.2. The Morgan fingerprint density at radius 3 is 1.72 bits per heavy atom. The summed E-state index contributed by atoms with van der Waals surface area (Å²) in [6, 6.07) is 0. The van der Waals surface area contributed by atoms with Crippen LogP contribution >= 0.6 is 0 Å². The van der Waals surface area contributed by atoms with Crippen molar-refractivity contribution in [1.29, 1.82) is 0 Å². The van der Waals surface area contributed by atoms with E-state index >= 15 is 0 Å². The predicted molar refractivity (Wildman–Crippen MR) is 127 cm³/mol. The van der Waals surface area contributed by atoms with E-state index in [0.717, 1.165) is 26.0 Å². The first-order valence-electron chi connectivity index (χ1n) is 12.7. The average molecular weight is 410 g/mol. The molecule has 0 saturated heterocycles. The van der Waals surface area contributed by atoms with Gasteiger partial charge in [0.05, 0.1) is 6.10 Å². The van der Waals surface area contributed by atoms with E-state index < -0.39 is 0 Å². The summed E-state index contributed by atoms with van der Waals surface area (Å²) >= 11 is 0. The summed E-state index contributed by atoms with van der Waals surface area (Å²) in [7, 11) is 0. The van der Waals surface area contributed by atoms with Crippen LogP contribution in [0.1, 0.15) is 124 Å². The molecule has 1 atom stereocenters. The van der Waals surface area contributed by atoms with Crippen LogP contribution < -0.4 is 0 Å². The lowest BCUT2D eigenvalue weighted by Crippen LogP contribution is -2.37. The summed E-state index contributed by atoms with van der Waals surface area (Å²) in [5.74, 6) is 0.0351. The molecule has 3 heteroatoms. The number of unbranched alkanes of at least 4 members (excludes halogenated alkanes) is 14. The molecule has 172 valence electrons. The Morgan fingerprint density at radius 1 is 0.793 bits per heavy atom. The molecule has 0 aliphatic heterocycles. The molecule has 0 radical (unpaired) electrons. The minimum Gasteiger partial charge on any atom is -0.377 e. The van der Waals surface area contributed by atoms with Crippen LogP contribution in [0.15, 0.2) is 12.7 Å². The van der Waals surface area contributed by atoms with Gasteiger partial charge < -0.3 is 9.64 Å². The maximum absolute atomic E-state index is 12.1. The molecule has 1 amide bonds. The molecule has 29 heavy (non-hydrogen) atoms. The van der Waals surface area contributed by atoms with Crippen LogP contribution in [0.5, 0.6) is 0 Å². The van der Waals surface area contributed by atoms with Gasteiger partial charge in [0.1, 0.15) is 0 Å². The highest BCUT2D eigenvalue weighted by Gasteiger charge is 2.14. The lowest BCUT2D eigenvalue weighted by Gasteiger charge is -2.25. The topological polar surface area (TPSA) is 29.5 Å². The molecule has 0 N–H and O–H groups in total. The molecule has 0 bridgehead atoms. The van der Waals surface area contributed by atoms with Crippen molar-refractivity contribution in [2.75, 3.05) is 19.7 Å². The maximum atomic E-state index is 12.1. The normalized spacial score (nSPS) is 12.1. The molecule has 0 aromatic carbocycles. The lowest BCUT2D eigenvalue weighted by molar-refractivity contribution is -0.128. The fourth-order valence-electron chi connectivity index (χ4n) is 3.74. The SMILES string of the molecule is C=CC(=O)N(CCCCCCCCCCCCCCC)CC(C)OCCCCC. The number of hydrogen-bond donors (Lipinski definition) is 0. The molecule has 0 spiro atoms. The minimum absolute atomic E-state index is 0.0351. The molecule has 3 nitrogen and oxygen atoms in total. The second-order valence-corrected chi connectivity index (χ2v) is 8.62. The number of carbonyl (C=O) groups excluding carboxylic acids is 1. The van der Waals surface area contributed by atoms with Crippen LogP contribution in [0.25, 0.3) is 0 Å². The smallest absolute Gasteiger partial charge is 0.246 e. The van der Waals surface area contributed by atoms with Crippen LogP contribution in [0.3, 0.4) is 0 Å². The van der Waals surface area contributed by atoms with E-state index in [2.05, 4.69) is 27.4 Å². The Balaban J connectivity index is 3.69. The predicted octanol–water partition coefficient (Wildman–Crippen LogP) is 7.69. The van der Waals surface area contributed by atoms with Crippen LogP contribution in [0, 0.1) is 0 Å². The molecular weight excluding hydrogens is 358 g/mol. The summed E-state index contributed by atoms with van der Waals surface area (Å²) < 4.78 is 5.86. The summed E-state index contributed by atoms with van der Waals surface area (Å²) in [5.41, 5.74) is 0. The average Bonchev–Trinajstić information content (AvgIpc) is 2.73. The first kappa shape index (κ1) is 28.2. The zero-order valence-corrected chi connectivity index (χ0v) is 20.1. The van der Waals surface area contributed by atoms with Gasteiger partial charge >= 0.3 is 0 Å². The molecule has 1 unspecified atom stereocenters. The number of amides is 1. The van der Waals surface area contributed by atoms with Gasteiger partial charge in [0.15, 0.2) is 0 Å². The van der Waals surface area contributed by atoms with Crippen molar-refractivity contribution < 1.29 is 9.53 Å². The number of nitrogens with zero attached hydrogens (tertiary/aromatic N) is 1. The van der Waals surface area contributed by atoms with Crippen molar-refractivity contribution in [2.24, 2.45) is 0 Å². The van der Waals surface area contributed by atoms with Crippen LogP contribution in [-0.4, -0.2) is 36.6 Å². The van der Waals surface area contributed by atoms with E-state index in [4.69, 9.17) is 4.74 Å². The zero-order chi connectivity index (χ0) is 21.6. The molecule has 0 heterocycles. The van der Waals surface area contributed by atoms with Gasteiger partial charge in [-0.15, -0.1) is 0 Å². The highest BCUT2D eigenvalue weighted by molar-refractivity contribution is 5.86. The van der Waals surface area contributed by atoms with Gasteiger partial charge in [-0.2, -0.15) is 0 Å². The number of hydrogen-bond acceptors (Lipinski definition) is 2. The van der Waals surface area contributed by atoms with Crippen molar-refractivity contribution >= 4 is 5.91 Å². The third kappa shape index (κ3) is 18.9. The molecular formula is C26H51NO2. The molecule has 0 aliphatic rings. The first-order valence-corrected chi connectivity index (χ1v) is 12.7. The molecule has 0 rings (SSSR count).